The molecule has 0 amide bonds. The van der Waals surface area contributed by atoms with Crippen LogP contribution in [0.4, 0.5) is 0 Å². The van der Waals surface area contributed by atoms with Gasteiger partial charge in [-0.05, 0) is 26.2 Å². The molecule has 0 bridgehead atoms. The first-order chi connectivity index (χ1) is 9.96. The summed E-state index contributed by atoms with van der Waals surface area (Å²) in [5.74, 6) is -0.237. The van der Waals surface area contributed by atoms with E-state index in [1.54, 1.807) is 0 Å². The van der Waals surface area contributed by atoms with Crippen molar-refractivity contribution in [3.8, 4) is 0 Å². The standard InChI is InChI=1S/C14H26O6S/c1-3-5-6-7-14(15)18-10-12-8-9-13(20-12)11-19-21(16,17)4-2/h12-13H,3-11H2,1-2H3. The van der Waals surface area contributed by atoms with E-state index in [-0.39, 0.29) is 37.1 Å². The molecule has 1 rings (SSSR count). The van der Waals surface area contributed by atoms with Crippen LogP contribution >= 0.6 is 0 Å². The van der Waals surface area contributed by atoms with Crippen LogP contribution in [0.3, 0.4) is 0 Å². The summed E-state index contributed by atoms with van der Waals surface area (Å²) in [7, 11) is -3.43. The van der Waals surface area contributed by atoms with Gasteiger partial charge in [-0.25, -0.2) is 0 Å². The van der Waals surface area contributed by atoms with Crippen molar-refractivity contribution in [2.75, 3.05) is 19.0 Å². The first-order valence-electron chi connectivity index (χ1n) is 7.65. The van der Waals surface area contributed by atoms with Gasteiger partial charge >= 0.3 is 5.97 Å². The summed E-state index contributed by atoms with van der Waals surface area (Å²) in [4.78, 5) is 11.5. The average Bonchev–Trinajstić information content (AvgIpc) is 2.91. The number of rotatable bonds is 10. The molecule has 6 nitrogen and oxygen atoms in total. The molecule has 2 atom stereocenters. The monoisotopic (exact) mass is 322 g/mol. The zero-order valence-corrected chi connectivity index (χ0v) is 13.7. The molecule has 1 heterocycles. The van der Waals surface area contributed by atoms with Crippen LogP contribution < -0.4 is 0 Å². The quantitative estimate of drug-likeness (QED) is 0.348. The molecule has 0 aliphatic carbocycles. The molecule has 0 aromatic rings. The van der Waals surface area contributed by atoms with E-state index in [9.17, 15) is 13.2 Å². The summed E-state index contributed by atoms with van der Waals surface area (Å²) in [6, 6.07) is 0. The molecule has 7 heteroatoms. The molecule has 0 radical (unpaired) electrons. The summed E-state index contributed by atoms with van der Waals surface area (Å²) in [6.07, 6.45) is 4.48. The van der Waals surface area contributed by atoms with Crippen LogP contribution in [-0.4, -0.2) is 45.6 Å². The van der Waals surface area contributed by atoms with E-state index in [4.69, 9.17) is 13.7 Å². The predicted octanol–water partition coefficient (Wildman–Crippen LogP) is 2.02. The topological polar surface area (TPSA) is 78.9 Å². The van der Waals surface area contributed by atoms with E-state index in [2.05, 4.69) is 6.92 Å². The maximum atomic E-state index is 11.5. The lowest BCUT2D eigenvalue weighted by Crippen LogP contribution is -2.23. The Morgan fingerprint density at radius 3 is 2.43 bits per heavy atom. The normalized spacial score (nSPS) is 22.4. The molecular formula is C14H26O6S. The number of ether oxygens (including phenoxy) is 2. The summed E-state index contributed by atoms with van der Waals surface area (Å²) < 4.78 is 38.1. The smallest absolute Gasteiger partial charge is 0.305 e. The molecule has 2 unspecified atom stereocenters. The number of unbranched alkanes of at least 4 members (excludes halogenated alkanes) is 2. The lowest BCUT2D eigenvalue weighted by atomic mass is 10.2. The van der Waals surface area contributed by atoms with Gasteiger partial charge in [-0.1, -0.05) is 19.8 Å². The average molecular weight is 322 g/mol. The summed E-state index contributed by atoms with van der Waals surface area (Å²) in [5.41, 5.74) is 0. The van der Waals surface area contributed by atoms with Gasteiger partial charge < -0.3 is 9.47 Å². The Morgan fingerprint density at radius 2 is 1.81 bits per heavy atom. The van der Waals surface area contributed by atoms with Crippen LogP contribution in [-0.2, 0) is 28.6 Å². The highest BCUT2D eigenvalue weighted by Crippen LogP contribution is 2.21. The number of esters is 1. The fraction of sp³-hybridized carbons (Fsp3) is 0.929. The van der Waals surface area contributed by atoms with E-state index in [1.165, 1.54) is 6.92 Å². The minimum Gasteiger partial charge on any atom is -0.463 e. The van der Waals surface area contributed by atoms with Crippen molar-refractivity contribution in [3.63, 3.8) is 0 Å². The van der Waals surface area contributed by atoms with Gasteiger partial charge in [-0.3, -0.25) is 8.98 Å². The lowest BCUT2D eigenvalue weighted by Gasteiger charge is -2.14. The molecule has 0 saturated carbocycles. The van der Waals surface area contributed by atoms with E-state index >= 15 is 0 Å². The molecule has 1 fully saturated rings. The van der Waals surface area contributed by atoms with Crippen LogP contribution in [0.15, 0.2) is 0 Å². The first-order valence-corrected chi connectivity index (χ1v) is 9.22. The lowest BCUT2D eigenvalue weighted by molar-refractivity contribution is -0.147. The van der Waals surface area contributed by atoms with Crippen molar-refractivity contribution in [1.29, 1.82) is 0 Å². The highest BCUT2D eigenvalue weighted by Gasteiger charge is 2.27. The zero-order valence-electron chi connectivity index (χ0n) is 12.9. The summed E-state index contributed by atoms with van der Waals surface area (Å²) in [5, 5.41) is 0. The van der Waals surface area contributed by atoms with Gasteiger partial charge in [0, 0.05) is 6.42 Å². The Balaban J connectivity index is 2.15. The van der Waals surface area contributed by atoms with Crippen molar-refractivity contribution in [2.24, 2.45) is 0 Å². The van der Waals surface area contributed by atoms with Crippen LogP contribution in [0.5, 0.6) is 0 Å². The molecule has 124 valence electrons. The largest absolute Gasteiger partial charge is 0.463 e. The number of hydrogen-bond acceptors (Lipinski definition) is 6. The summed E-state index contributed by atoms with van der Waals surface area (Å²) >= 11 is 0. The molecule has 1 saturated heterocycles. The van der Waals surface area contributed by atoms with E-state index in [1.807, 2.05) is 0 Å². The Morgan fingerprint density at radius 1 is 1.14 bits per heavy atom. The first kappa shape index (κ1) is 18.4. The van der Waals surface area contributed by atoms with Crippen LogP contribution in [0, 0.1) is 0 Å². The third kappa shape index (κ3) is 7.78. The number of hydrogen-bond donors (Lipinski definition) is 0. The molecule has 0 N–H and O–H groups in total. The van der Waals surface area contributed by atoms with Crippen LogP contribution in [0.25, 0.3) is 0 Å². The Bertz CT molecular complexity index is 406. The van der Waals surface area contributed by atoms with Gasteiger partial charge in [0.15, 0.2) is 0 Å². The van der Waals surface area contributed by atoms with E-state index in [0.717, 1.165) is 32.1 Å². The van der Waals surface area contributed by atoms with Crippen molar-refractivity contribution < 1.29 is 26.9 Å². The van der Waals surface area contributed by atoms with Crippen molar-refractivity contribution in [2.45, 2.75) is 64.6 Å². The molecule has 1 aliphatic heterocycles. The van der Waals surface area contributed by atoms with Crippen LogP contribution in [0.2, 0.25) is 0 Å². The highest BCUT2D eigenvalue weighted by molar-refractivity contribution is 7.86. The second-order valence-electron chi connectivity index (χ2n) is 5.23. The van der Waals surface area contributed by atoms with Gasteiger partial charge in [0.05, 0.1) is 24.6 Å². The van der Waals surface area contributed by atoms with Crippen molar-refractivity contribution >= 4 is 16.1 Å². The highest BCUT2D eigenvalue weighted by atomic mass is 32.2. The second-order valence-corrected chi connectivity index (χ2v) is 7.16. The summed E-state index contributed by atoms with van der Waals surface area (Å²) in [6.45, 7) is 3.89. The third-order valence-electron chi connectivity index (χ3n) is 3.40. The van der Waals surface area contributed by atoms with Crippen molar-refractivity contribution in [3.05, 3.63) is 0 Å². The fourth-order valence-electron chi connectivity index (χ4n) is 2.07. The molecule has 21 heavy (non-hydrogen) atoms. The Hall–Kier alpha value is -0.660. The second kappa shape index (κ2) is 9.38. The maximum absolute atomic E-state index is 11.5. The fourth-order valence-corrected chi connectivity index (χ4v) is 2.59. The Kier molecular flexibility index (Phi) is 8.21. The molecular weight excluding hydrogens is 296 g/mol. The van der Waals surface area contributed by atoms with Crippen molar-refractivity contribution in [1.82, 2.24) is 0 Å². The zero-order chi connectivity index (χ0) is 15.7. The van der Waals surface area contributed by atoms with Crippen LogP contribution in [0.1, 0.15) is 52.4 Å². The minimum atomic E-state index is -3.43. The van der Waals surface area contributed by atoms with Gasteiger partial charge in [0.1, 0.15) is 6.61 Å². The Labute approximate surface area is 127 Å². The minimum absolute atomic E-state index is 0.0388. The molecule has 0 aromatic heterocycles. The molecule has 0 spiro atoms. The number of carbonyl (C=O) groups is 1. The van der Waals surface area contributed by atoms with Gasteiger partial charge in [0.25, 0.3) is 10.1 Å². The van der Waals surface area contributed by atoms with E-state index in [0.29, 0.717) is 6.42 Å². The molecule has 0 aromatic carbocycles. The van der Waals surface area contributed by atoms with E-state index < -0.39 is 10.1 Å². The third-order valence-corrected chi connectivity index (χ3v) is 4.60. The van der Waals surface area contributed by atoms with Gasteiger partial charge in [0.2, 0.25) is 0 Å². The predicted molar refractivity (Wildman–Crippen MR) is 78.4 cm³/mol. The van der Waals surface area contributed by atoms with Gasteiger partial charge in [-0.15, -0.1) is 0 Å². The molecule has 1 aliphatic rings. The number of carbonyl (C=O) groups excluding carboxylic acids is 1. The SMILES string of the molecule is CCCCCC(=O)OCC1CCC(COS(=O)(=O)CC)O1. The van der Waals surface area contributed by atoms with Gasteiger partial charge in [-0.2, -0.15) is 8.42 Å². The maximum Gasteiger partial charge on any atom is 0.305 e.